The van der Waals surface area contributed by atoms with E-state index in [1.54, 1.807) is 6.20 Å². The number of rotatable bonds is 2. The first-order chi connectivity index (χ1) is 8.13. The van der Waals surface area contributed by atoms with E-state index in [1.165, 1.54) is 4.68 Å². The number of nitrogens with one attached hydrogen (secondary N) is 1. The first-order valence-electron chi connectivity index (χ1n) is 5.87. The van der Waals surface area contributed by atoms with Crippen molar-refractivity contribution in [1.29, 1.82) is 0 Å². The highest BCUT2D eigenvalue weighted by Gasteiger charge is 2.20. The highest BCUT2D eigenvalue weighted by molar-refractivity contribution is 9.10. The zero-order chi connectivity index (χ0) is 12.4. The summed E-state index contributed by atoms with van der Waals surface area (Å²) in [4.78, 5) is 14.2. The lowest BCUT2D eigenvalue weighted by molar-refractivity contribution is 0.482. The Kier molecular flexibility index (Phi) is 3.83. The number of halogens is 1. The van der Waals surface area contributed by atoms with Crippen molar-refractivity contribution < 1.29 is 0 Å². The summed E-state index contributed by atoms with van der Waals surface area (Å²) in [5, 5.41) is 7.55. The van der Waals surface area contributed by atoms with Crippen molar-refractivity contribution in [3.63, 3.8) is 0 Å². The van der Waals surface area contributed by atoms with Crippen LogP contribution in [0.25, 0.3) is 0 Å². The van der Waals surface area contributed by atoms with Crippen molar-refractivity contribution in [2.24, 2.45) is 0 Å². The highest BCUT2D eigenvalue weighted by Crippen LogP contribution is 2.22. The van der Waals surface area contributed by atoms with Crippen LogP contribution in [0.2, 0.25) is 0 Å². The monoisotopic (exact) mass is 300 g/mol. The number of hydrogen-bond acceptors (Lipinski definition) is 4. The first kappa shape index (κ1) is 12.6. The second kappa shape index (κ2) is 5.18. The van der Waals surface area contributed by atoms with E-state index in [4.69, 9.17) is 0 Å². The zero-order valence-electron chi connectivity index (χ0n) is 10.1. The molecule has 0 unspecified atom stereocenters. The smallest absolute Gasteiger partial charge is 0.283 e. The van der Waals surface area contributed by atoms with Gasteiger partial charge in [-0.15, -0.1) is 0 Å². The van der Waals surface area contributed by atoms with E-state index >= 15 is 0 Å². The summed E-state index contributed by atoms with van der Waals surface area (Å²) in [5.41, 5.74) is 0.837. The number of aromatic nitrogens is 2. The van der Waals surface area contributed by atoms with Crippen LogP contribution in [-0.4, -0.2) is 35.5 Å². The van der Waals surface area contributed by atoms with Crippen LogP contribution < -0.4 is 15.8 Å². The topological polar surface area (TPSA) is 50.2 Å². The van der Waals surface area contributed by atoms with Gasteiger partial charge in [0, 0.05) is 32.2 Å². The molecule has 0 saturated carbocycles. The van der Waals surface area contributed by atoms with Crippen molar-refractivity contribution in [2.75, 3.05) is 24.5 Å². The van der Waals surface area contributed by atoms with Crippen LogP contribution in [0.5, 0.6) is 0 Å². The van der Waals surface area contributed by atoms with Gasteiger partial charge in [0.15, 0.2) is 0 Å². The number of anilines is 1. The minimum absolute atomic E-state index is 0.0591. The molecule has 1 aromatic heterocycles. The van der Waals surface area contributed by atoms with Crippen LogP contribution >= 0.6 is 15.9 Å². The van der Waals surface area contributed by atoms with Gasteiger partial charge < -0.3 is 10.2 Å². The summed E-state index contributed by atoms with van der Waals surface area (Å²) in [6.07, 6.45) is 1.77. The van der Waals surface area contributed by atoms with Gasteiger partial charge in [-0.1, -0.05) is 0 Å². The third-order valence-corrected chi connectivity index (χ3v) is 3.72. The maximum absolute atomic E-state index is 12.0. The normalized spacial score (nSPS) is 20.6. The Morgan fingerprint density at radius 3 is 3.06 bits per heavy atom. The maximum Gasteiger partial charge on any atom is 0.283 e. The van der Waals surface area contributed by atoms with E-state index in [9.17, 15) is 4.79 Å². The average Bonchev–Trinajstić information content (AvgIpc) is 2.32. The van der Waals surface area contributed by atoms with Crippen LogP contribution in [-0.2, 0) is 6.54 Å². The van der Waals surface area contributed by atoms with Gasteiger partial charge in [0.25, 0.3) is 5.56 Å². The van der Waals surface area contributed by atoms with E-state index < -0.39 is 0 Å². The third-order valence-electron chi connectivity index (χ3n) is 2.98. The van der Waals surface area contributed by atoms with Crippen molar-refractivity contribution in [2.45, 2.75) is 26.4 Å². The molecule has 5 nitrogen and oxygen atoms in total. The lowest BCUT2D eigenvalue weighted by atomic mass is 10.2. The Morgan fingerprint density at radius 2 is 2.41 bits per heavy atom. The number of nitrogens with zero attached hydrogens (tertiary/aromatic N) is 3. The molecule has 17 heavy (non-hydrogen) atoms. The molecular formula is C11H17BrN4O. The molecule has 94 valence electrons. The molecule has 6 heteroatoms. The Bertz CT molecular complexity index is 459. The van der Waals surface area contributed by atoms with Crippen molar-refractivity contribution in [1.82, 2.24) is 15.1 Å². The predicted molar refractivity (Wildman–Crippen MR) is 71.5 cm³/mol. The SMILES string of the molecule is CCn1ncc(N2CCN[C@H](C)C2)c(Br)c1=O. The highest BCUT2D eigenvalue weighted by atomic mass is 79.9. The fourth-order valence-electron chi connectivity index (χ4n) is 2.05. The van der Waals surface area contributed by atoms with E-state index in [0.29, 0.717) is 17.1 Å². The largest absolute Gasteiger partial charge is 0.366 e. The van der Waals surface area contributed by atoms with Gasteiger partial charge >= 0.3 is 0 Å². The minimum Gasteiger partial charge on any atom is -0.366 e. The van der Waals surface area contributed by atoms with E-state index in [2.05, 4.69) is 38.2 Å². The van der Waals surface area contributed by atoms with Gasteiger partial charge in [-0.25, -0.2) is 4.68 Å². The summed E-state index contributed by atoms with van der Waals surface area (Å²) in [6.45, 7) is 7.38. The van der Waals surface area contributed by atoms with Gasteiger partial charge in [-0.3, -0.25) is 4.79 Å². The molecule has 1 fully saturated rings. The van der Waals surface area contributed by atoms with Gasteiger partial charge in [-0.05, 0) is 29.8 Å². The average molecular weight is 301 g/mol. The van der Waals surface area contributed by atoms with Crippen LogP contribution in [0.1, 0.15) is 13.8 Å². The summed E-state index contributed by atoms with van der Waals surface area (Å²) in [5.74, 6) is 0. The molecule has 0 aliphatic carbocycles. The summed E-state index contributed by atoms with van der Waals surface area (Å²) >= 11 is 3.39. The fraction of sp³-hybridized carbons (Fsp3) is 0.636. The van der Waals surface area contributed by atoms with Crippen LogP contribution in [0.3, 0.4) is 0 Å². The lowest BCUT2D eigenvalue weighted by Gasteiger charge is -2.33. The van der Waals surface area contributed by atoms with Crippen LogP contribution in [0, 0.1) is 0 Å². The lowest BCUT2D eigenvalue weighted by Crippen LogP contribution is -2.49. The molecule has 1 aliphatic rings. The molecule has 0 amide bonds. The number of piperazine rings is 1. The quantitative estimate of drug-likeness (QED) is 0.879. The second-order valence-electron chi connectivity index (χ2n) is 4.27. The molecule has 0 radical (unpaired) electrons. The van der Waals surface area contributed by atoms with Crippen molar-refractivity contribution >= 4 is 21.6 Å². The zero-order valence-corrected chi connectivity index (χ0v) is 11.7. The molecular weight excluding hydrogens is 284 g/mol. The third kappa shape index (κ3) is 2.52. The minimum atomic E-state index is -0.0591. The van der Waals surface area contributed by atoms with E-state index in [0.717, 1.165) is 25.3 Å². The second-order valence-corrected chi connectivity index (χ2v) is 5.06. The predicted octanol–water partition coefficient (Wildman–Crippen LogP) is 0.824. The summed E-state index contributed by atoms with van der Waals surface area (Å²) in [6, 6.07) is 0.434. The molecule has 2 heterocycles. The van der Waals surface area contributed by atoms with Crippen LogP contribution in [0.4, 0.5) is 5.69 Å². The Morgan fingerprint density at radius 1 is 1.65 bits per heavy atom. The van der Waals surface area contributed by atoms with Gasteiger partial charge in [0.05, 0.1) is 11.9 Å². The van der Waals surface area contributed by atoms with Crippen LogP contribution in [0.15, 0.2) is 15.5 Å². The maximum atomic E-state index is 12.0. The molecule has 0 aromatic carbocycles. The number of aryl methyl sites for hydroxylation is 1. The Balaban J connectivity index is 2.33. The Labute approximate surface area is 109 Å². The molecule has 1 aromatic rings. The van der Waals surface area contributed by atoms with Gasteiger partial charge in [-0.2, -0.15) is 5.10 Å². The van der Waals surface area contributed by atoms with Crippen molar-refractivity contribution in [3.05, 3.63) is 21.0 Å². The van der Waals surface area contributed by atoms with Gasteiger partial charge in [0.1, 0.15) is 4.47 Å². The summed E-state index contributed by atoms with van der Waals surface area (Å²) < 4.78 is 2.07. The molecule has 2 rings (SSSR count). The molecule has 1 N–H and O–H groups in total. The Hall–Kier alpha value is -0.880. The van der Waals surface area contributed by atoms with E-state index in [-0.39, 0.29) is 5.56 Å². The number of hydrogen-bond donors (Lipinski definition) is 1. The molecule has 0 spiro atoms. The molecule has 1 aliphatic heterocycles. The first-order valence-corrected chi connectivity index (χ1v) is 6.66. The molecule has 0 bridgehead atoms. The molecule has 1 saturated heterocycles. The summed E-state index contributed by atoms with van der Waals surface area (Å²) in [7, 11) is 0. The molecule has 1 atom stereocenters. The standard InChI is InChI=1S/C11H17BrN4O/c1-3-16-11(17)10(12)9(6-14-16)15-5-4-13-8(2)7-15/h6,8,13H,3-5,7H2,1-2H3/t8-/m1/s1. The fourth-order valence-corrected chi connectivity index (χ4v) is 2.61. The van der Waals surface area contributed by atoms with Gasteiger partial charge in [0.2, 0.25) is 0 Å². The van der Waals surface area contributed by atoms with E-state index in [1.807, 2.05) is 6.92 Å². The van der Waals surface area contributed by atoms with Crippen molar-refractivity contribution in [3.8, 4) is 0 Å².